The summed E-state index contributed by atoms with van der Waals surface area (Å²) < 4.78 is 14.3. The van der Waals surface area contributed by atoms with Crippen LogP contribution >= 0.6 is 0 Å². The minimum atomic E-state index is -0.473. The standard InChI is InChI=1S/C18H25FN2O2/c1-3-5-7-13(4-2)18(23)20-14-9-10-16(15(19)12-14)21-11-6-8-17(21)22/h9-10,12-13H,3-8,11H2,1-2H3,(H,20,23). The van der Waals surface area contributed by atoms with E-state index in [9.17, 15) is 14.0 Å². The van der Waals surface area contributed by atoms with E-state index in [0.29, 0.717) is 24.3 Å². The van der Waals surface area contributed by atoms with Gasteiger partial charge in [0.1, 0.15) is 5.82 Å². The van der Waals surface area contributed by atoms with Gasteiger partial charge in [-0.15, -0.1) is 0 Å². The van der Waals surface area contributed by atoms with Crippen molar-refractivity contribution in [2.24, 2.45) is 5.92 Å². The van der Waals surface area contributed by atoms with E-state index in [-0.39, 0.29) is 17.7 Å². The third-order valence-corrected chi connectivity index (χ3v) is 4.35. The zero-order valence-corrected chi connectivity index (χ0v) is 13.9. The van der Waals surface area contributed by atoms with Gasteiger partial charge < -0.3 is 10.2 Å². The molecular formula is C18H25FN2O2. The highest BCUT2D eigenvalue weighted by atomic mass is 19.1. The first-order valence-corrected chi connectivity index (χ1v) is 8.47. The number of carbonyl (C=O) groups excluding carboxylic acids is 2. The summed E-state index contributed by atoms with van der Waals surface area (Å²) in [5, 5.41) is 2.79. The Morgan fingerprint density at radius 3 is 2.74 bits per heavy atom. The summed E-state index contributed by atoms with van der Waals surface area (Å²) in [5.74, 6) is -0.630. The van der Waals surface area contributed by atoms with E-state index in [1.165, 1.54) is 11.0 Å². The molecule has 1 aromatic carbocycles. The predicted octanol–water partition coefficient (Wildman–Crippen LogP) is 4.11. The highest BCUT2D eigenvalue weighted by molar-refractivity contribution is 5.96. The molecule has 126 valence electrons. The Morgan fingerprint density at radius 1 is 1.39 bits per heavy atom. The summed E-state index contributed by atoms with van der Waals surface area (Å²) in [6, 6.07) is 4.53. The second-order valence-electron chi connectivity index (χ2n) is 6.05. The fraction of sp³-hybridized carbons (Fsp3) is 0.556. The summed E-state index contributed by atoms with van der Waals surface area (Å²) in [6.45, 7) is 4.64. The molecule has 1 fully saturated rings. The highest BCUT2D eigenvalue weighted by Crippen LogP contribution is 2.27. The lowest BCUT2D eigenvalue weighted by atomic mass is 9.98. The number of nitrogens with one attached hydrogen (secondary N) is 1. The maximum Gasteiger partial charge on any atom is 0.227 e. The number of carbonyl (C=O) groups is 2. The van der Waals surface area contributed by atoms with Gasteiger partial charge in [-0.05, 0) is 37.5 Å². The Bertz CT molecular complexity index is 574. The molecule has 0 radical (unpaired) electrons. The smallest absolute Gasteiger partial charge is 0.227 e. The number of amides is 2. The van der Waals surface area contributed by atoms with Crippen molar-refractivity contribution < 1.29 is 14.0 Å². The number of hydrogen-bond acceptors (Lipinski definition) is 2. The highest BCUT2D eigenvalue weighted by Gasteiger charge is 2.24. The first-order valence-electron chi connectivity index (χ1n) is 8.47. The molecule has 2 amide bonds. The SMILES string of the molecule is CCCCC(CC)C(=O)Nc1ccc(N2CCCC2=O)c(F)c1. The summed E-state index contributed by atoms with van der Waals surface area (Å²) >= 11 is 0. The van der Waals surface area contributed by atoms with Gasteiger partial charge in [-0.1, -0.05) is 26.7 Å². The van der Waals surface area contributed by atoms with Crippen LogP contribution in [-0.2, 0) is 9.59 Å². The van der Waals surface area contributed by atoms with E-state index < -0.39 is 5.82 Å². The largest absolute Gasteiger partial charge is 0.326 e. The van der Waals surface area contributed by atoms with Crippen LogP contribution in [-0.4, -0.2) is 18.4 Å². The summed E-state index contributed by atoms with van der Waals surface area (Å²) in [7, 11) is 0. The number of nitrogens with zero attached hydrogens (tertiary/aromatic N) is 1. The predicted molar refractivity (Wildman–Crippen MR) is 89.9 cm³/mol. The molecule has 1 heterocycles. The van der Waals surface area contributed by atoms with Crippen molar-refractivity contribution in [3.8, 4) is 0 Å². The molecule has 0 bridgehead atoms. The van der Waals surface area contributed by atoms with Crippen LogP contribution in [0, 0.1) is 11.7 Å². The molecule has 1 atom stereocenters. The van der Waals surface area contributed by atoms with Crippen molar-refractivity contribution in [1.82, 2.24) is 0 Å². The van der Waals surface area contributed by atoms with E-state index >= 15 is 0 Å². The summed E-state index contributed by atoms with van der Waals surface area (Å²) in [6.07, 6.45) is 4.91. The fourth-order valence-corrected chi connectivity index (χ4v) is 2.92. The van der Waals surface area contributed by atoms with Gasteiger partial charge in [-0.3, -0.25) is 9.59 Å². The molecule has 23 heavy (non-hydrogen) atoms. The van der Waals surface area contributed by atoms with E-state index in [0.717, 1.165) is 32.1 Å². The molecule has 2 rings (SSSR count). The van der Waals surface area contributed by atoms with Crippen LogP contribution in [0.4, 0.5) is 15.8 Å². The molecule has 0 spiro atoms. The monoisotopic (exact) mass is 320 g/mol. The van der Waals surface area contributed by atoms with Gasteiger partial charge in [0.15, 0.2) is 0 Å². The third kappa shape index (κ3) is 4.30. The van der Waals surface area contributed by atoms with Crippen LogP contribution in [0.5, 0.6) is 0 Å². The lowest BCUT2D eigenvalue weighted by Gasteiger charge is -2.18. The van der Waals surface area contributed by atoms with E-state index in [1.54, 1.807) is 12.1 Å². The fourth-order valence-electron chi connectivity index (χ4n) is 2.92. The van der Waals surface area contributed by atoms with E-state index in [1.807, 2.05) is 6.92 Å². The van der Waals surface area contributed by atoms with Crippen molar-refractivity contribution in [2.45, 2.75) is 52.4 Å². The molecule has 1 aliphatic heterocycles. The summed E-state index contributed by atoms with van der Waals surface area (Å²) in [5.41, 5.74) is 0.737. The van der Waals surface area contributed by atoms with Crippen molar-refractivity contribution >= 4 is 23.2 Å². The molecular weight excluding hydrogens is 295 g/mol. The molecule has 0 aliphatic carbocycles. The zero-order valence-electron chi connectivity index (χ0n) is 13.9. The lowest BCUT2D eigenvalue weighted by molar-refractivity contribution is -0.120. The van der Waals surface area contributed by atoms with Gasteiger partial charge >= 0.3 is 0 Å². The molecule has 1 unspecified atom stereocenters. The van der Waals surface area contributed by atoms with Crippen molar-refractivity contribution in [3.63, 3.8) is 0 Å². The Hall–Kier alpha value is -1.91. The third-order valence-electron chi connectivity index (χ3n) is 4.35. The zero-order chi connectivity index (χ0) is 16.8. The minimum Gasteiger partial charge on any atom is -0.326 e. The maximum atomic E-state index is 14.3. The second kappa shape index (κ2) is 8.09. The molecule has 1 saturated heterocycles. The Morgan fingerprint density at radius 2 is 2.17 bits per heavy atom. The Balaban J connectivity index is 2.05. The van der Waals surface area contributed by atoms with E-state index in [4.69, 9.17) is 0 Å². The number of benzene rings is 1. The number of halogens is 1. The summed E-state index contributed by atoms with van der Waals surface area (Å²) in [4.78, 5) is 25.4. The lowest BCUT2D eigenvalue weighted by Crippen LogP contribution is -2.25. The van der Waals surface area contributed by atoms with E-state index in [2.05, 4.69) is 12.2 Å². The Labute approximate surface area is 137 Å². The maximum absolute atomic E-state index is 14.3. The minimum absolute atomic E-state index is 0.0437. The Kier molecular flexibility index (Phi) is 6.13. The van der Waals surface area contributed by atoms with Crippen LogP contribution in [0.2, 0.25) is 0 Å². The molecule has 5 heteroatoms. The van der Waals surface area contributed by atoms with Gasteiger partial charge in [0.25, 0.3) is 0 Å². The molecule has 1 N–H and O–H groups in total. The molecule has 0 aromatic heterocycles. The molecule has 0 saturated carbocycles. The normalized spacial score (nSPS) is 15.8. The van der Waals surface area contributed by atoms with Gasteiger partial charge in [0.05, 0.1) is 5.69 Å². The average Bonchev–Trinajstić information content (AvgIpc) is 2.94. The number of unbranched alkanes of at least 4 members (excludes halogenated alkanes) is 1. The van der Waals surface area contributed by atoms with Crippen molar-refractivity contribution in [3.05, 3.63) is 24.0 Å². The number of anilines is 2. The second-order valence-corrected chi connectivity index (χ2v) is 6.05. The van der Waals surface area contributed by atoms with Crippen LogP contribution < -0.4 is 10.2 Å². The molecule has 4 nitrogen and oxygen atoms in total. The van der Waals surface area contributed by atoms with Gasteiger partial charge in [0, 0.05) is 24.6 Å². The van der Waals surface area contributed by atoms with Crippen molar-refractivity contribution in [1.29, 1.82) is 0 Å². The number of hydrogen-bond donors (Lipinski definition) is 1. The van der Waals surface area contributed by atoms with Gasteiger partial charge in [0.2, 0.25) is 11.8 Å². The van der Waals surface area contributed by atoms with Crippen LogP contribution in [0.1, 0.15) is 52.4 Å². The van der Waals surface area contributed by atoms with Gasteiger partial charge in [-0.2, -0.15) is 0 Å². The van der Waals surface area contributed by atoms with Crippen LogP contribution in [0.25, 0.3) is 0 Å². The first-order chi connectivity index (χ1) is 11.1. The topological polar surface area (TPSA) is 49.4 Å². The molecule has 1 aromatic rings. The van der Waals surface area contributed by atoms with Crippen molar-refractivity contribution in [2.75, 3.05) is 16.8 Å². The molecule has 1 aliphatic rings. The first kappa shape index (κ1) is 17.4. The quantitative estimate of drug-likeness (QED) is 0.822. The van der Waals surface area contributed by atoms with Gasteiger partial charge in [-0.25, -0.2) is 4.39 Å². The van der Waals surface area contributed by atoms with Crippen LogP contribution in [0.15, 0.2) is 18.2 Å². The average molecular weight is 320 g/mol. The van der Waals surface area contributed by atoms with Crippen LogP contribution in [0.3, 0.4) is 0 Å². The number of rotatable bonds is 7.